The lowest BCUT2D eigenvalue weighted by Crippen LogP contribution is -2.28. The van der Waals surface area contributed by atoms with Crippen molar-refractivity contribution in [3.8, 4) is 37.7 Å². The molecule has 4 aliphatic carbocycles. The molecule has 0 saturated carbocycles. The van der Waals surface area contributed by atoms with Crippen LogP contribution in [0.25, 0.3) is 101 Å². The second kappa shape index (κ2) is 32.6. The van der Waals surface area contributed by atoms with E-state index in [1.54, 1.807) is 57.5 Å². The molecule has 0 fully saturated rings. The fourth-order valence-corrected chi connectivity index (χ4v) is 25.4. The highest BCUT2D eigenvalue weighted by atomic mass is 35.5. The molecule has 0 atom stereocenters. The Morgan fingerprint density at radius 3 is 1.19 bits per heavy atom. The molecule has 584 valence electrons. The number of aryl methyl sites for hydroxylation is 4. The number of aromatic nitrogens is 4. The van der Waals surface area contributed by atoms with Crippen LogP contribution in [0.1, 0.15) is 239 Å². The van der Waals surface area contributed by atoms with Gasteiger partial charge in [0, 0.05) is 64.7 Å². The number of nitriles is 3. The molecule has 0 N–H and O–H groups in total. The predicted molar refractivity (Wildman–Crippen MR) is 488 cm³/mol. The van der Waals surface area contributed by atoms with Gasteiger partial charge in [-0.3, -0.25) is 9.59 Å². The van der Waals surface area contributed by atoms with Gasteiger partial charge in [-0.15, -0.1) is 45.3 Å². The fraction of sp³-hybridized carbons (Fsp3) is 0.265. The van der Waals surface area contributed by atoms with E-state index < -0.39 is 10.8 Å². The number of fused-ring (bicyclic) bond motifs is 21. The monoisotopic (exact) mass is 1710 g/mol. The molecule has 118 heavy (non-hydrogen) atoms. The Hall–Kier alpha value is -10.0. The van der Waals surface area contributed by atoms with E-state index in [1.807, 2.05) is 12.2 Å². The van der Waals surface area contributed by atoms with Gasteiger partial charge in [0.05, 0.1) is 84.2 Å². The third kappa shape index (κ3) is 12.8. The van der Waals surface area contributed by atoms with Crippen molar-refractivity contribution in [1.82, 2.24) is 19.1 Å². The highest BCUT2D eigenvalue weighted by Crippen LogP contribution is 2.69. The number of hydrogen-bond donors (Lipinski definition) is 0. The second-order valence-electron chi connectivity index (χ2n) is 31.3. The minimum atomic E-state index is -1.09. The van der Waals surface area contributed by atoms with Crippen molar-refractivity contribution in [3.63, 3.8) is 0 Å². The van der Waals surface area contributed by atoms with Crippen LogP contribution in [-0.4, -0.2) is 30.6 Å². The maximum absolute atomic E-state index is 15.1. The van der Waals surface area contributed by atoms with E-state index in [1.165, 1.54) is 46.1 Å². The molecule has 0 bridgehead atoms. The standard InChI is InChI=1S/C98H76Cl4N8O3S5/c1-6-10-14-18-22-53-26-34-58(35-27-53)97(59-36-28-54(29-37-59)23-19-15-11-7-2)70-44-62(42-68-77(57(50-103)51-104)64-46-72(99)74(101)48-66(64)89(68)111)114-92(70)96-83(97)81-79-80(86-88(94(81)117-96)110-118-109-86)82-84-95(116-93(82)87-85(79)107-113-108-87)91-71(45-63(115-91)43-69-78(76(52-105)106-5)65-47-73(100)75(102)49-67(65)90(69)112)98(84,60-38-30-55(31-39-60)24-20-16-12-8-3)61-40-32-56(33-41-61)25-21-17-13-9-4/h26-49H,6-25H2,1-4H3/b68-42-,69-43-,78-76?. The second-order valence-corrected chi connectivity index (χ2v) is 37.7. The summed E-state index contributed by atoms with van der Waals surface area (Å²) >= 11 is 34.4. The Kier molecular flexibility index (Phi) is 21.9. The SMILES string of the molecule is [C-]#[N+]C(C#N)=C1/C(=C/c2cc3c(s2)-c2sc4c5nonc5c5c6c7c(sc6c6nsnc6c5c4c2C3(c2ccc(CCCCCC)cc2)c2ccc(CCCCCC)cc2)-c2sc(/C=C3\C(=O)c4cc(Cl)c(Cl)cc4C3=C(C#N)C#N)cc2C7(c2ccc(CCCCCC)cc2)c2ccc(CCCCCC)cc2)C(=O)c2cc(Cl)c(Cl)cc21. The van der Waals surface area contributed by atoms with Gasteiger partial charge in [-0.1, -0.05) is 248 Å². The minimum absolute atomic E-state index is 0.184. The molecule has 0 amide bonds. The number of unbranched alkanes of at least 4 members (excludes halogenated alkanes) is 12. The van der Waals surface area contributed by atoms with Crippen LogP contribution in [0, 0.1) is 40.6 Å². The van der Waals surface area contributed by atoms with Crippen LogP contribution in [0.4, 0.5) is 0 Å². The third-order valence-electron chi connectivity index (χ3n) is 24.4. The Balaban J connectivity index is 0.959. The Morgan fingerprint density at radius 1 is 0.432 bits per heavy atom. The number of allylic oxidation sites excluding steroid dienone is 6. The van der Waals surface area contributed by atoms with E-state index in [9.17, 15) is 15.8 Å². The van der Waals surface area contributed by atoms with E-state index in [4.69, 9.17) is 76.7 Å². The summed E-state index contributed by atoms with van der Waals surface area (Å²) in [5, 5.41) is 46.5. The first-order valence-corrected chi connectivity index (χ1v) is 46.2. The van der Waals surface area contributed by atoms with Gasteiger partial charge < -0.3 is 0 Å². The molecule has 14 aromatic rings. The third-order valence-corrected chi connectivity index (χ3v) is 31.3. The normalized spacial score (nSPS) is 15.2. The zero-order valence-corrected chi connectivity index (χ0v) is 72.5. The zero-order chi connectivity index (χ0) is 81.4. The molecule has 6 heterocycles. The van der Waals surface area contributed by atoms with Gasteiger partial charge in [0.15, 0.2) is 17.1 Å². The fourth-order valence-electron chi connectivity index (χ4n) is 18.9. The summed E-state index contributed by atoms with van der Waals surface area (Å²) in [6.45, 7) is 17.3. The topological polar surface area (TPSA) is 175 Å². The number of benzene rings is 8. The summed E-state index contributed by atoms with van der Waals surface area (Å²) in [6.07, 6.45) is 25.3. The first-order chi connectivity index (χ1) is 57.7. The lowest BCUT2D eigenvalue weighted by Gasteiger charge is -2.34. The molecule has 0 spiro atoms. The van der Waals surface area contributed by atoms with Gasteiger partial charge in [0.2, 0.25) is 0 Å². The number of Topliss-reactive ketones (excluding diaryl/α,β-unsaturated/α-hetero) is 2. The van der Waals surface area contributed by atoms with Gasteiger partial charge >= 0.3 is 0 Å². The maximum atomic E-state index is 15.1. The van der Waals surface area contributed by atoms with E-state index >= 15 is 9.59 Å². The van der Waals surface area contributed by atoms with Gasteiger partial charge in [0.1, 0.15) is 34.3 Å². The summed E-state index contributed by atoms with van der Waals surface area (Å²) < 4.78 is 19.0. The van der Waals surface area contributed by atoms with Crippen molar-refractivity contribution < 1.29 is 14.2 Å². The summed E-state index contributed by atoms with van der Waals surface area (Å²) in [4.78, 5) is 39.4. The number of ketones is 2. The van der Waals surface area contributed by atoms with Crippen molar-refractivity contribution in [2.24, 2.45) is 0 Å². The molecule has 18 rings (SSSR count). The van der Waals surface area contributed by atoms with Crippen LogP contribution in [0.3, 0.4) is 0 Å². The summed E-state index contributed by atoms with van der Waals surface area (Å²) in [6, 6.07) is 54.0. The van der Waals surface area contributed by atoms with E-state index in [-0.39, 0.29) is 76.3 Å². The number of nitrogens with zero attached hydrogens (tertiary/aromatic N) is 8. The van der Waals surface area contributed by atoms with Crippen LogP contribution in [-0.2, 0) is 36.5 Å². The Morgan fingerprint density at radius 2 is 0.797 bits per heavy atom. The quantitative estimate of drug-likeness (QED) is 0.0220. The van der Waals surface area contributed by atoms with Gasteiger partial charge in [-0.05, 0) is 188 Å². The molecule has 11 nitrogen and oxygen atoms in total. The molecule has 0 radical (unpaired) electrons. The molecule has 0 unspecified atom stereocenters. The number of hydrogen-bond acceptors (Lipinski definition) is 15. The minimum Gasteiger partial charge on any atom is -0.289 e. The molecule has 20 heteroatoms. The van der Waals surface area contributed by atoms with Crippen LogP contribution in [0.2, 0.25) is 20.1 Å². The van der Waals surface area contributed by atoms with Crippen LogP contribution < -0.4 is 0 Å². The molecule has 0 saturated heterocycles. The maximum Gasteiger partial charge on any atom is 0.270 e. The van der Waals surface area contributed by atoms with Crippen molar-refractivity contribution >= 4 is 191 Å². The first-order valence-electron chi connectivity index (χ1n) is 40.7. The van der Waals surface area contributed by atoms with Crippen LogP contribution >= 0.6 is 103 Å². The van der Waals surface area contributed by atoms with Crippen molar-refractivity contribution in [2.45, 2.75) is 167 Å². The highest BCUT2D eigenvalue weighted by Gasteiger charge is 2.54. The van der Waals surface area contributed by atoms with Crippen molar-refractivity contribution in [3.05, 3.63) is 286 Å². The predicted octanol–water partition coefficient (Wildman–Crippen LogP) is 29.3. The lowest BCUT2D eigenvalue weighted by molar-refractivity contribution is 0.103. The lowest BCUT2D eigenvalue weighted by atomic mass is 9.66. The van der Waals surface area contributed by atoms with Crippen LogP contribution in [0.15, 0.2) is 161 Å². The zero-order valence-electron chi connectivity index (χ0n) is 65.4. The van der Waals surface area contributed by atoms with Gasteiger partial charge in [-0.25, -0.2) is 14.7 Å². The van der Waals surface area contributed by atoms with E-state index in [0.29, 0.717) is 27.7 Å². The molecular weight excluding hydrogens is 1640 g/mol. The average Bonchev–Trinajstić information content (AvgIpc) is 1.48. The Labute approximate surface area is 724 Å². The average molecular weight is 1720 g/mol. The number of halogens is 4. The number of rotatable bonds is 26. The molecular formula is C98H76Cl4N8O3S5. The van der Waals surface area contributed by atoms with Crippen molar-refractivity contribution in [2.75, 3.05) is 0 Å². The largest absolute Gasteiger partial charge is 0.289 e. The summed E-state index contributed by atoms with van der Waals surface area (Å²) in [5.41, 5.74) is 15.3. The van der Waals surface area contributed by atoms with E-state index in [0.717, 1.165) is 239 Å². The van der Waals surface area contributed by atoms with Gasteiger partial charge in [-0.2, -0.15) is 19.3 Å². The number of carbonyl (C=O) groups excluding carboxylic acids is 2. The molecule has 6 aromatic heterocycles. The highest BCUT2D eigenvalue weighted by molar-refractivity contribution is 7.29. The van der Waals surface area contributed by atoms with Gasteiger partial charge in [0.25, 0.3) is 5.70 Å². The molecule has 4 aliphatic rings. The number of thiophene rings is 4. The molecule has 0 aliphatic heterocycles. The van der Waals surface area contributed by atoms with Crippen LogP contribution in [0.5, 0.6) is 0 Å². The molecule has 8 aromatic carbocycles. The Bertz CT molecular complexity index is 6280. The smallest absolute Gasteiger partial charge is 0.270 e. The van der Waals surface area contributed by atoms with Crippen molar-refractivity contribution in [1.29, 1.82) is 15.8 Å². The summed E-state index contributed by atoms with van der Waals surface area (Å²) in [7, 11) is 0. The van der Waals surface area contributed by atoms with E-state index in [2.05, 4.69) is 160 Å². The first kappa shape index (κ1) is 79.1. The summed E-state index contributed by atoms with van der Waals surface area (Å²) in [5.74, 6) is -0.737. The number of carbonyl (C=O) groups is 2.